The van der Waals surface area contributed by atoms with Crippen molar-refractivity contribution >= 4 is 27.8 Å². The second-order valence-electron chi connectivity index (χ2n) is 5.54. The number of hydrogen-bond donors (Lipinski definition) is 1. The predicted molar refractivity (Wildman–Crippen MR) is 94.0 cm³/mol. The lowest BCUT2D eigenvalue weighted by Crippen LogP contribution is -2.08. The lowest BCUT2D eigenvalue weighted by molar-refractivity contribution is 0.0523. The zero-order chi connectivity index (χ0) is 17.4. The second-order valence-corrected chi connectivity index (χ2v) is 5.54. The van der Waals surface area contributed by atoms with E-state index in [2.05, 4.69) is 10.2 Å². The van der Waals surface area contributed by atoms with Gasteiger partial charge in [0.2, 0.25) is 0 Å². The highest BCUT2D eigenvalue weighted by atomic mass is 16.5. The van der Waals surface area contributed by atoms with Crippen LogP contribution >= 0.6 is 0 Å². The number of benzene rings is 3. The molecule has 0 spiro atoms. The standard InChI is InChI=1S/C19H15N3O3/c1-2-25-19(24)14-11-17(12-7-3-4-8-13(12)18(14)23)22-20-15-9-5-6-10-16(15)21-22/h3-11,23H,2H2,1H3. The minimum atomic E-state index is -0.580. The molecule has 4 aromatic rings. The molecule has 0 saturated heterocycles. The van der Waals surface area contributed by atoms with Crippen molar-refractivity contribution in [3.8, 4) is 11.4 Å². The van der Waals surface area contributed by atoms with Crippen molar-refractivity contribution in [3.63, 3.8) is 0 Å². The molecule has 1 aromatic heterocycles. The van der Waals surface area contributed by atoms with Crippen LogP contribution in [0.2, 0.25) is 0 Å². The van der Waals surface area contributed by atoms with Gasteiger partial charge in [0.15, 0.2) is 0 Å². The van der Waals surface area contributed by atoms with Gasteiger partial charge in [-0.25, -0.2) is 4.79 Å². The first-order valence-corrected chi connectivity index (χ1v) is 7.93. The van der Waals surface area contributed by atoms with Crippen molar-refractivity contribution in [1.29, 1.82) is 0 Å². The Morgan fingerprint density at radius 1 is 1.04 bits per heavy atom. The fraction of sp³-hybridized carbons (Fsp3) is 0.105. The van der Waals surface area contributed by atoms with Crippen molar-refractivity contribution < 1.29 is 14.6 Å². The lowest BCUT2D eigenvalue weighted by atomic mass is 10.0. The van der Waals surface area contributed by atoms with Crippen LogP contribution in [0.1, 0.15) is 17.3 Å². The maximum Gasteiger partial charge on any atom is 0.342 e. The van der Waals surface area contributed by atoms with E-state index in [1.54, 1.807) is 25.1 Å². The van der Waals surface area contributed by atoms with Crippen molar-refractivity contribution in [1.82, 2.24) is 15.0 Å². The summed E-state index contributed by atoms with van der Waals surface area (Å²) in [4.78, 5) is 13.7. The number of ether oxygens (including phenoxy) is 1. The molecule has 1 heterocycles. The van der Waals surface area contributed by atoms with Crippen LogP contribution in [0, 0.1) is 0 Å². The first-order chi connectivity index (χ1) is 12.2. The van der Waals surface area contributed by atoms with Crippen LogP contribution in [0.25, 0.3) is 27.5 Å². The molecule has 25 heavy (non-hydrogen) atoms. The fourth-order valence-electron chi connectivity index (χ4n) is 2.84. The van der Waals surface area contributed by atoms with E-state index in [1.807, 2.05) is 36.4 Å². The first-order valence-electron chi connectivity index (χ1n) is 7.93. The molecule has 124 valence electrons. The molecule has 0 aliphatic heterocycles. The zero-order valence-corrected chi connectivity index (χ0v) is 13.5. The Balaban J connectivity index is 2.01. The molecule has 0 unspecified atom stereocenters. The van der Waals surface area contributed by atoms with Crippen molar-refractivity contribution in [2.24, 2.45) is 0 Å². The third-order valence-electron chi connectivity index (χ3n) is 3.99. The third kappa shape index (κ3) is 2.48. The summed E-state index contributed by atoms with van der Waals surface area (Å²) < 4.78 is 5.06. The third-order valence-corrected chi connectivity index (χ3v) is 3.99. The Kier molecular flexibility index (Phi) is 3.57. The van der Waals surface area contributed by atoms with Crippen LogP contribution in [-0.4, -0.2) is 32.7 Å². The summed E-state index contributed by atoms with van der Waals surface area (Å²) in [6, 6.07) is 16.3. The maximum absolute atomic E-state index is 12.2. The predicted octanol–water partition coefficient (Wildman–Crippen LogP) is 3.46. The number of fused-ring (bicyclic) bond motifs is 2. The Morgan fingerprint density at radius 2 is 1.64 bits per heavy atom. The van der Waals surface area contributed by atoms with E-state index in [0.29, 0.717) is 11.1 Å². The van der Waals surface area contributed by atoms with E-state index in [9.17, 15) is 9.90 Å². The molecule has 0 fully saturated rings. The van der Waals surface area contributed by atoms with Crippen LogP contribution in [0.3, 0.4) is 0 Å². The van der Waals surface area contributed by atoms with Gasteiger partial charge in [-0.1, -0.05) is 36.4 Å². The minimum Gasteiger partial charge on any atom is -0.506 e. The number of carbonyl (C=O) groups excluding carboxylic acids is 1. The van der Waals surface area contributed by atoms with Gasteiger partial charge in [0, 0.05) is 10.8 Å². The van der Waals surface area contributed by atoms with Gasteiger partial charge in [-0.15, -0.1) is 15.0 Å². The number of carbonyl (C=O) groups is 1. The molecule has 0 bridgehead atoms. The number of aromatic hydroxyl groups is 1. The number of phenols is 1. The largest absolute Gasteiger partial charge is 0.506 e. The smallest absolute Gasteiger partial charge is 0.342 e. The number of nitrogens with zero attached hydrogens (tertiary/aromatic N) is 3. The highest BCUT2D eigenvalue weighted by Crippen LogP contribution is 2.34. The van der Waals surface area contributed by atoms with Crippen LogP contribution in [0.15, 0.2) is 54.6 Å². The monoisotopic (exact) mass is 333 g/mol. The van der Waals surface area contributed by atoms with Gasteiger partial charge in [0.05, 0.1) is 12.3 Å². The molecule has 0 aliphatic carbocycles. The molecule has 0 saturated carbocycles. The fourth-order valence-corrected chi connectivity index (χ4v) is 2.84. The van der Waals surface area contributed by atoms with Gasteiger partial charge in [0.1, 0.15) is 22.3 Å². The van der Waals surface area contributed by atoms with Gasteiger partial charge in [-0.3, -0.25) is 0 Å². The molecule has 6 heteroatoms. The van der Waals surface area contributed by atoms with E-state index < -0.39 is 5.97 Å². The van der Waals surface area contributed by atoms with E-state index in [-0.39, 0.29) is 17.9 Å². The van der Waals surface area contributed by atoms with Gasteiger partial charge < -0.3 is 9.84 Å². The summed E-state index contributed by atoms with van der Waals surface area (Å²) in [6.07, 6.45) is 0. The van der Waals surface area contributed by atoms with E-state index >= 15 is 0 Å². The number of hydrogen-bond acceptors (Lipinski definition) is 5. The highest BCUT2D eigenvalue weighted by molar-refractivity contribution is 6.04. The summed E-state index contributed by atoms with van der Waals surface area (Å²) in [5.41, 5.74) is 2.19. The molecular formula is C19H15N3O3. The summed E-state index contributed by atoms with van der Waals surface area (Å²) in [7, 11) is 0. The summed E-state index contributed by atoms with van der Waals surface area (Å²) in [5, 5.41) is 20.8. The van der Waals surface area contributed by atoms with Gasteiger partial charge in [-0.2, -0.15) is 0 Å². The topological polar surface area (TPSA) is 77.2 Å². The van der Waals surface area contributed by atoms with Gasteiger partial charge in [-0.05, 0) is 25.1 Å². The van der Waals surface area contributed by atoms with Gasteiger partial charge >= 0.3 is 5.97 Å². The Hall–Kier alpha value is -3.41. The zero-order valence-electron chi connectivity index (χ0n) is 13.5. The van der Waals surface area contributed by atoms with Crippen LogP contribution < -0.4 is 0 Å². The summed E-state index contributed by atoms with van der Waals surface area (Å²) >= 11 is 0. The minimum absolute atomic E-state index is 0.0944. The SMILES string of the molecule is CCOC(=O)c1cc(-n2nc3ccccc3n2)c2ccccc2c1O. The number of rotatable bonds is 3. The number of esters is 1. The van der Waals surface area contributed by atoms with E-state index in [4.69, 9.17) is 4.74 Å². The van der Waals surface area contributed by atoms with Crippen LogP contribution in [-0.2, 0) is 4.74 Å². The van der Waals surface area contributed by atoms with Crippen LogP contribution in [0.4, 0.5) is 0 Å². The average Bonchev–Trinajstić information content (AvgIpc) is 3.06. The van der Waals surface area contributed by atoms with Crippen LogP contribution in [0.5, 0.6) is 5.75 Å². The molecule has 0 radical (unpaired) electrons. The van der Waals surface area contributed by atoms with Crippen molar-refractivity contribution in [3.05, 3.63) is 60.2 Å². The Morgan fingerprint density at radius 3 is 2.28 bits per heavy atom. The quantitative estimate of drug-likeness (QED) is 0.581. The molecule has 0 amide bonds. The molecule has 4 rings (SSSR count). The van der Waals surface area contributed by atoms with E-state index in [0.717, 1.165) is 16.4 Å². The second kappa shape index (κ2) is 5.90. The van der Waals surface area contributed by atoms with Crippen molar-refractivity contribution in [2.45, 2.75) is 6.92 Å². The Labute approximate surface area is 143 Å². The van der Waals surface area contributed by atoms with E-state index in [1.165, 1.54) is 4.80 Å². The maximum atomic E-state index is 12.2. The van der Waals surface area contributed by atoms with Gasteiger partial charge in [0.25, 0.3) is 0 Å². The molecule has 0 aliphatic rings. The summed E-state index contributed by atoms with van der Waals surface area (Å²) in [6.45, 7) is 1.95. The molecule has 0 atom stereocenters. The Bertz CT molecular complexity index is 1070. The molecular weight excluding hydrogens is 318 g/mol. The normalized spacial score (nSPS) is 11.1. The highest BCUT2D eigenvalue weighted by Gasteiger charge is 2.19. The van der Waals surface area contributed by atoms with Crippen molar-refractivity contribution in [2.75, 3.05) is 6.61 Å². The first kappa shape index (κ1) is 15.1. The molecule has 6 nitrogen and oxygen atoms in total. The molecule has 1 N–H and O–H groups in total. The molecule has 3 aromatic carbocycles. The average molecular weight is 333 g/mol. The lowest BCUT2D eigenvalue weighted by Gasteiger charge is -2.11. The number of aromatic nitrogens is 3. The summed E-state index contributed by atoms with van der Waals surface area (Å²) in [5.74, 6) is -0.682. The number of phenolic OH excluding ortho intramolecular Hbond substituents is 1.